The first-order chi connectivity index (χ1) is 8.43. The molecule has 0 aliphatic rings. The van der Waals surface area contributed by atoms with E-state index in [-0.39, 0.29) is 12.3 Å². The molecule has 0 heterocycles. The third kappa shape index (κ3) is 8.41. The number of carboxylic acid groups (broad SMARTS) is 1. The molecule has 0 aliphatic carbocycles. The molecule has 2 amide bonds. The highest BCUT2D eigenvalue weighted by molar-refractivity contribution is 7.90. The average Bonchev–Trinajstić information content (AvgIpc) is 2.17. The van der Waals surface area contributed by atoms with Crippen LogP contribution in [-0.2, 0) is 14.6 Å². The molecule has 0 spiro atoms. The van der Waals surface area contributed by atoms with E-state index in [4.69, 9.17) is 5.11 Å². The van der Waals surface area contributed by atoms with Crippen LogP contribution >= 0.6 is 0 Å². The van der Waals surface area contributed by atoms with E-state index < -0.39 is 33.3 Å². The van der Waals surface area contributed by atoms with Gasteiger partial charge >= 0.3 is 12.0 Å². The van der Waals surface area contributed by atoms with E-state index in [1.165, 1.54) is 0 Å². The highest BCUT2D eigenvalue weighted by atomic mass is 32.2. The van der Waals surface area contributed by atoms with Crippen molar-refractivity contribution in [2.75, 3.05) is 18.6 Å². The monoisotopic (exact) mass is 294 g/mol. The summed E-state index contributed by atoms with van der Waals surface area (Å²) < 4.78 is 21.7. The number of carbonyl (C=O) groups excluding carboxylic acids is 1. The Bertz CT molecular complexity index is 425. The topological polar surface area (TPSA) is 113 Å². The number of rotatable bonds is 6. The van der Waals surface area contributed by atoms with Crippen LogP contribution in [0.5, 0.6) is 0 Å². The SMILES string of the molecule is CC(C)(C)[C@H](NC(=O)NCCCS(C)(=O)=O)C(=O)O. The van der Waals surface area contributed by atoms with E-state index in [0.29, 0.717) is 6.42 Å². The van der Waals surface area contributed by atoms with Crippen LogP contribution in [-0.4, -0.2) is 50.1 Å². The number of sulfone groups is 1. The van der Waals surface area contributed by atoms with Gasteiger partial charge in [-0.3, -0.25) is 0 Å². The summed E-state index contributed by atoms with van der Waals surface area (Å²) in [5.41, 5.74) is -0.615. The van der Waals surface area contributed by atoms with Crippen LogP contribution in [0.4, 0.5) is 4.79 Å². The maximum Gasteiger partial charge on any atom is 0.326 e. The summed E-state index contributed by atoms with van der Waals surface area (Å²) >= 11 is 0. The van der Waals surface area contributed by atoms with Gasteiger partial charge in [0.05, 0.1) is 5.75 Å². The molecule has 0 aromatic carbocycles. The van der Waals surface area contributed by atoms with Gasteiger partial charge in [0.1, 0.15) is 15.9 Å². The van der Waals surface area contributed by atoms with Crippen molar-refractivity contribution >= 4 is 21.8 Å². The van der Waals surface area contributed by atoms with E-state index >= 15 is 0 Å². The van der Waals surface area contributed by atoms with Crippen LogP contribution in [0.2, 0.25) is 0 Å². The summed E-state index contributed by atoms with van der Waals surface area (Å²) in [6.45, 7) is 5.29. The lowest BCUT2D eigenvalue weighted by molar-refractivity contribution is -0.141. The number of urea groups is 1. The second kappa shape index (κ2) is 6.74. The standard InChI is InChI=1S/C11H22N2O5S/c1-11(2,3)8(9(14)15)13-10(16)12-6-5-7-19(4,17)18/h8H,5-7H2,1-4H3,(H,14,15)(H2,12,13,16)/t8-/m1/s1. The summed E-state index contributed by atoms with van der Waals surface area (Å²) in [5, 5.41) is 13.8. The zero-order valence-corrected chi connectivity index (χ0v) is 12.5. The number of carbonyl (C=O) groups is 2. The summed E-state index contributed by atoms with van der Waals surface area (Å²) in [7, 11) is -3.05. The van der Waals surface area contributed by atoms with Crippen molar-refractivity contribution < 1.29 is 23.1 Å². The van der Waals surface area contributed by atoms with E-state index in [1.807, 2.05) is 0 Å². The molecule has 19 heavy (non-hydrogen) atoms. The van der Waals surface area contributed by atoms with Gasteiger partial charge in [0, 0.05) is 12.8 Å². The van der Waals surface area contributed by atoms with Crippen molar-refractivity contribution in [3.8, 4) is 0 Å². The normalized spacial score (nSPS) is 13.7. The van der Waals surface area contributed by atoms with Crippen molar-refractivity contribution in [3.05, 3.63) is 0 Å². The molecule has 112 valence electrons. The molecule has 0 aromatic rings. The van der Waals surface area contributed by atoms with Gasteiger partial charge in [-0.15, -0.1) is 0 Å². The number of aliphatic carboxylic acids is 1. The molecular formula is C11H22N2O5S. The fourth-order valence-electron chi connectivity index (χ4n) is 1.37. The second-order valence-electron chi connectivity index (χ2n) is 5.52. The lowest BCUT2D eigenvalue weighted by Crippen LogP contribution is -2.52. The van der Waals surface area contributed by atoms with Crippen LogP contribution in [0.1, 0.15) is 27.2 Å². The minimum absolute atomic E-state index is 0.0189. The van der Waals surface area contributed by atoms with E-state index in [9.17, 15) is 18.0 Å². The summed E-state index contributed by atoms with van der Waals surface area (Å²) in [6.07, 6.45) is 1.41. The lowest BCUT2D eigenvalue weighted by Gasteiger charge is -2.27. The molecule has 0 saturated heterocycles. The molecule has 8 heteroatoms. The fraction of sp³-hybridized carbons (Fsp3) is 0.818. The van der Waals surface area contributed by atoms with Gasteiger partial charge in [0.15, 0.2) is 0 Å². The van der Waals surface area contributed by atoms with Crippen LogP contribution in [0.15, 0.2) is 0 Å². The highest BCUT2D eigenvalue weighted by Crippen LogP contribution is 2.19. The Hall–Kier alpha value is -1.31. The first kappa shape index (κ1) is 17.7. The second-order valence-corrected chi connectivity index (χ2v) is 7.78. The molecule has 0 rings (SSSR count). The summed E-state index contributed by atoms with van der Waals surface area (Å²) in [6, 6.07) is -1.63. The minimum Gasteiger partial charge on any atom is -0.480 e. The van der Waals surface area contributed by atoms with Crippen LogP contribution < -0.4 is 10.6 Å². The molecule has 1 atom stereocenters. The highest BCUT2D eigenvalue weighted by Gasteiger charge is 2.32. The van der Waals surface area contributed by atoms with Crippen molar-refractivity contribution in [2.24, 2.45) is 5.41 Å². The third-order valence-corrected chi connectivity index (χ3v) is 3.40. The molecule has 7 nitrogen and oxygen atoms in total. The molecule has 0 saturated carbocycles. The van der Waals surface area contributed by atoms with Crippen LogP contribution in [0, 0.1) is 5.41 Å². The van der Waals surface area contributed by atoms with E-state index in [2.05, 4.69) is 10.6 Å². The number of amides is 2. The molecular weight excluding hydrogens is 272 g/mol. The zero-order valence-electron chi connectivity index (χ0n) is 11.7. The Labute approximate surface area is 113 Å². The molecule has 0 bridgehead atoms. The minimum atomic E-state index is -3.05. The van der Waals surface area contributed by atoms with Crippen molar-refractivity contribution in [2.45, 2.75) is 33.2 Å². The van der Waals surface area contributed by atoms with Gasteiger partial charge in [0.2, 0.25) is 0 Å². The first-order valence-corrected chi connectivity index (χ1v) is 7.94. The number of carboxylic acids is 1. The number of hydrogen-bond acceptors (Lipinski definition) is 4. The lowest BCUT2D eigenvalue weighted by atomic mass is 9.87. The Kier molecular flexibility index (Phi) is 6.28. The first-order valence-electron chi connectivity index (χ1n) is 5.88. The van der Waals surface area contributed by atoms with Gasteiger partial charge in [-0.1, -0.05) is 20.8 Å². The zero-order chi connectivity index (χ0) is 15.3. The Morgan fingerprint density at radius 1 is 1.26 bits per heavy atom. The summed E-state index contributed by atoms with van der Waals surface area (Å²) in [4.78, 5) is 22.5. The van der Waals surface area contributed by atoms with Gasteiger partial charge in [0.25, 0.3) is 0 Å². The summed E-state index contributed by atoms with van der Waals surface area (Å²) in [5.74, 6) is -1.13. The number of nitrogens with one attached hydrogen (secondary N) is 2. The van der Waals surface area contributed by atoms with Crippen LogP contribution in [0.25, 0.3) is 0 Å². The largest absolute Gasteiger partial charge is 0.480 e. The van der Waals surface area contributed by atoms with E-state index in [0.717, 1.165) is 6.26 Å². The smallest absolute Gasteiger partial charge is 0.326 e. The molecule has 0 aromatic heterocycles. The molecule has 3 N–H and O–H groups in total. The molecule has 0 aliphatic heterocycles. The Morgan fingerprint density at radius 3 is 2.16 bits per heavy atom. The van der Waals surface area contributed by atoms with Gasteiger partial charge in [-0.25, -0.2) is 18.0 Å². The van der Waals surface area contributed by atoms with Crippen molar-refractivity contribution in [1.82, 2.24) is 10.6 Å². The maximum atomic E-state index is 11.5. The van der Waals surface area contributed by atoms with Gasteiger partial charge in [-0.05, 0) is 11.8 Å². The third-order valence-electron chi connectivity index (χ3n) is 2.37. The molecule has 0 radical (unpaired) electrons. The van der Waals surface area contributed by atoms with E-state index in [1.54, 1.807) is 20.8 Å². The van der Waals surface area contributed by atoms with Gasteiger partial charge in [-0.2, -0.15) is 0 Å². The van der Waals surface area contributed by atoms with Crippen molar-refractivity contribution in [3.63, 3.8) is 0 Å². The average molecular weight is 294 g/mol. The molecule has 0 fully saturated rings. The quantitative estimate of drug-likeness (QED) is 0.607. The number of hydrogen-bond donors (Lipinski definition) is 3. The Balaban J connectivity index is 4.20. The fourth-order valence-corrected chi connectivity index (χ4v) is 2.04. The predicted molar refractivity (Wildman–Crippen MR) is 71.7 cm³/mol. The van der Waals surface area contributed by atoms with Crippen LogP contribution in [0.3, 0.4) is 0 Å². The predicted octanol–water partition coefficient (Wildman–Crippen LogP) is 0.220. The Morgan fingerprint density at radius 2 is 1.79 bits per heavy atom. The van der Waals surface area contributed by atoms with Gasteiger partial charge < -0.3 is 15.7 Å². The molecule has 0 unspecified atom stereocenters. The van der Waals surface area contributed by atoms with Crippen molar-refractivity contribution in [1.29, 1.82) is 0 Å². The maximum absolute atomic E-state index is 11.5.